The molecule has 4 aromatic rings. The molecule has 4 heterocycles. The van der Waals surface area contributed by atoms with E-state index in [1.54, 1.807) is 6.92 Å². The monoisotopic (exact) mass is 689 g/mol. The molecule has 12 nitrogen and oxygen atoms in total. The molecule has 2 aromatic carbocycles. The number of rotatable bonds is 5. The molecule has 0 spiro atoms. The van der Waals surface area contributed by atoms with Crippen LogP contribution in [0.15, 0.2) is 59.1 Å². The molecule has 2 saturated heterocycles. The van der Waals surface area contributed by atoms with Crippen molar-refractivity contribution in [3.63, 3.8) is 0 Å². The fraction of sp³-hybridized carbons (Fsp3) is 0.444. The van der Waals surface area contributed by atoms with Crippen molar-refractivity contribution in [2.75, 3.05) is 6.54 Å². The molecule has 2 aromatic heterocycles. The van der Waals surface area contributed by atoms with Crippen molar-refractivity contribution < 1.29 is 42.3 Å². The molecule has 1 saturated carbocycles. The Kier molecular flexibility index (Phi) is 8.64. The minimum atomic E-state index is -3.13. The number of aromatic nitrogens is 2. The van der Waals surface area contributed by atoms with E-state index in [0.717, 1.165) is 16.2 Å². The van der Waals surface area contributed by atoms with Crippen LogP contribution in [0.4, 0.5) is 8.78 Å². The predicted octanol–water partition coefficient (Wildman–Crippen LogP) is 4.78. The number of aryl methyl sites for hydroxylation is 1. The molecule has 262 valence electrons. The Morgan fingerprint density at radius 3 is 2.52 bits per heavy atom. The van der Waals surface area contributed by atoms with Crippen molar-refractivity contribution in [3.05, 3.63) is 66.1 Å². The number of fused-ring (bicyclic) bond motifs is 5. The number of carboxylic acids is 1. The molecule has 5 unspecified atom stereocenters. The number of carbonyl (C=O) groups excluding carboxylic acids is 3. The quantitative estimate of drug-likeness (QED) is 0.250. The number of amides is 3. The number of halogens is 2. The maximum absolute atomic E-state index is 15.0. The number of hydrogen-bond acceptors (Lipinski definition) is 8. The van der Waals surface area contributed by atoms with E-state index >= 15 is 0 Å². The SMILES string of the molecule is Cc1cc(C(=O)NC2CCCCCC(F)(F)CC3CC3(C(=O)O)NC(=O)C3CC(Oc4nc5ccccc5c5ccccc45)CN3C2=O)no1. The van der Waals surface area contributed by atoms with Crippen molar-refractivity contribution in [2.45, 2.75) is 87.9 Å². The fourth-order valence-electron chi connectivity index (χ4n) is 7.38. The maximum atomic E-state index is 15.0. The molecule has 3 aliphatic rings. The van der Waals surface area contributed by atoms with Crippen molar-refractivity contribution in [1.29, 1.82) is 0 Å². The van der Waals surface area contributed by atoms with Gasteiger partial charge in [0.15, 0.2) is 5.69 Å². The van der Waals surface area contributed by atoms with Gasteiger partial charge in [0, 0.05) is 42.0 Å². The number of nitrogens with zero attached hydrogens (tertiary/aromatic N) is 3. The van der Waals surface area contributed by atoms with Crippen LogP contribution in [0.1, 0.15) is 67.6 Å². The first kappa shape index (κ1) is 33.4. The van der Waals surface area contributed by atoms with Crippen molar-refractivity contribution in [2.24, 2.45) is 5.92 Å². The molecule has 0 bridgehead atoms. The van der Waals surface area contributed by atoms with Gasteiger partial charge in [0.1, 0.15) is 29.5 Å². The Labute approximate surface area is 285 Å². The van der Waals surface area contributed by atoms with Gasteiger partial charge in [-0.05, 0) is 43.7 Å². The van der Waals surface area contributed by atoms with Gasteiger partial charge in [0.25, 0.3) is 5.91 Å². The summed E-state index contributed by atoms with van der Waals surface area (Å²) >= 11 is 0. The topological polar surface area (TPSA) is 164 Å². The Balaban J connectivity index is 1.22. The van der Waals surface area contributed by atoms with E-state index in [4.69, 9.17) is 14.2 Å². The average Bonchev–Trinajstić information content (AvgIpc) is 3.37. The maximum Gasteiger partial charge on any atom is 0.329 e. The Morgan fingerprint density at radius 2 is 1.78 bits per heavy atom. The summed E-state index contributed by atoms with van der Waals surface area (Å²) < 4.78 is 41.4. The first-order valence-corrected chi connectivity index (χ1v) is 16.9. The minimum absolute atomic E-state index is 0.0277. The Bertz CT molecular complexity index is 1980. The highest BCUT2D eigenvalue weighted by atomic mass is 19.3. The summed E-state index contributed by atoms with van der Waals surface area (Å²) in [6, 6.07) is 14.2. The third kappa shape index (κ3) is 6.46. The lowest BCUT2D eigenvalue weighted by molar-refractivity contribution is -0.146. The second-order valence-electron chi connectivity index (χ2n) is 13.6. The summed E-state index contributed by atoms with van der Waals surface area (Å²) in [6.45, 7) is 1.54. The Morgan fingerprint density at radius 1 is 1.04 bits per heavy atom. The first-order valence-electron chi connectivity index (χ1n) is 16.9. The number of aliphatic carboxylic acids is 1. The van der Waals surface area contributed by atoms with Gasteiger partial charge in [-0.25, -0.2) is 18.6 Å². The first-order chi connectivity index (χ1) is 23.9. The van der Waals surface area contributed by atoms with Gasteiger partial charge in [-0.2, -0.15) is 0 Å². The van der Waals surface area contributed by atoms with E-state index in [2.05, 4.69) is 15.8 Å². The summed E-state index contributed by atoms with van der Waals surface area (Å²) in [5, 5.41) is 21.7. The molecule has 2 aliphatic heterocycles. The highest BCUT2D eigenvalue weighted by Gasteiger charge is 2.64. The number of ether oxygens (including phenoxy) is 1. The summed E-state index contributed by atoms with van der Waals surface area (Å²) in [5.41, 5.74) is -1.23. The second kappa shape index (κ2) is 13.0. The number of benzene rings is 2. The zero-order valence-corrected chi connectivity index (χ0v) is 27.4. The molecule has 0 radical (unpaired) electrons. The summed E-state index contributed by atoms with van der Waals surface area (Å²) in [6.07, 6.45) is -1.12. The Hall–Kier alpha value is -5.14. The normalized spacial score (nSPS) is 27.1. The van der Waals surface area contributed by atoms with Crippen LogP contribution < -0.4 is 15.4 Å². The lowest BCUT2D eigenvalue weighted by Crippen LogP contribution is -2.56. The number of para-hydroxylation sites is 1. The second-order valence-corrected chi connectivity index (χ2v) is 13.6. The van der Waals surface area contributed by atoms with Gasteiger partial charge < -0.3 is 29.9 Å². The average molecular weight is 690 g/mol. The summed E-state index contributed by atoms with van der Waals surface area (Å²) in [5.74, 6) is -6.85. The van der Waals surface area contributed by atoms with Crippen LogP contribution in [-0.2, 0) is 14.4 Å². The van der Waals surface area contributed by atoms with Gasteiger partial charge in [-0.3, -0.25) is 14.4 Å². The number of carbonyl (C=O) groups is 4. The fourth-order valence-corrected chi connectivity index (χ4v) is 7.38. The molecule has 7 rings (SSSR count). The number of hydrogen-bond donors (Lipinski definition) is 3. The van der Waals surface area contributed by atoms with Crippen LogP contribution in [0.25, 0.3) is 21.7 Å². The summed E-state index contributed by atoms with van der Waals surface area (Å²) in [7, 11) is 0. The summed E-state index contributed by atoms with van der Waals surface area (Å²) in [4.78, 5) is 60.0. The third-order valence-electron chi connectivity index (χ3n) is 10.1. The molecule has 3 fully saturated rings. The smallest absolute Gasteiger partial charge is 0.329 e. The van der Waals surface area contributed by atoms with Gasteiger partial charge in [-0.15, -0.1) is 0 Å². The van der Waals surface area contributed by atoms with E-state index in [1.165, 1.54) is 11.0 Å². The molecule has 1 aliphatic carbocycles. The lowest BCUT2D eigenvalue weighted by Gasteiger charge is -2.29. The van der Waals surface area contributed by atoms with Gasteiger partial charge in [0.05, 0.1) is 12.1 Å². The third-order valence-corrected chi connectivity index (χ3v) is 10.1. The van der Waals surface area contributed by atoms with E-state index in [-0.39, 0.29) is 37.9 Å². The van der Waals surface area contributed by atoms with Crippen molar-refractivity contribution in [3.8, 4) is 5.88 Å². The van der Waals surface area contributed by atoms with Crippen LogP contribution in [0.5, 0.6) is 5.88 Å². The van der Waals surface area contributed by atoms with E-state index in [0.29, 0.717) is 30.0 Å². The highest BCUT2D eigenvalue weighted by Crippen LogP contribution is 2.51. The van der Waals surface area contributed by atoms with Crippen molar-refractivity contribution >= 4 is 45.4 Å². The van der Waals surface area contributed by atoms with Crippen molar-refractivity contribution in [1.82, 2.24) is 25.7 Å². The molecule has 3 N–H and O–H groups in total. The van der Waals surface area contributed by atoms with Gasteiger partial charge in [0.2, 0.25) is 23.6 Å². The standard InChI is InChI=1S/C36H37F2N5O7/c1-20-15-28(42-50-20)30(44)39-27-13-3-2-8-14-35(37,38)17-21-18-36(21,34(47)48)41-31(45)29-16-22(19-43(29)33(27)46)49-32-25-11-5-4-9-23(25)24-10-6-7-12-26(24)40-32/h4-7,9-12,15,21-22,27,29H,2-3,8,13-14,16-19H2,1H3,(H,39,44)(H,41,45)(H,47,48). The predicted molar refractivity (Wildman–Crippen MR) is 176 cm³/mol. The number of carboxylic acid groups (broad SMARTS) is 1. The van der Waals surface area contributed by atoms with Gasteiger partial charge >= 0.3 is 5.97 Å². The zero-order chi connectivity index (χ0) is 35.2. The molecule has 3 amide bonds. The molecule has 50 heavy (non-hydrogen) atoms. The number of alkyl halides is 2. The largest absolute Gasteiger partial charge is 0.479 e. The highest BCUT2D eigenvalue weighted by molar-refractivity contribution is 6.07. The van der Waals surface area contributed by atoms with E-state index < -0.39 is 72.1 Å². The van der Waals surface area contributed by atoms with Crippen LogP contribution >= 0.6 is 0 Å². The van der Waals surface area contributed by atoms with Gasteiger partial charge in [-0.1, -0.05) is 54.4 Å². The molecular weight excluding hydrogens is 652 g/mol. The van der Waals surface area contributed by atoms with E-state index in [1.807, 2.05) is 48.5 Å². The van der Waals surface area contributed by atoms with E-state index in [9.17, 15) is 33.1 Å². The van der Waals surface area contributed by atoms with Crippen LogP contribution in [-0.4, -0.2) is 80.0 Å². The lowest BCUT2D eigenvalue weighted by atomic mass is 10.00. The molecule has 14 heteroatoms. The van der Waals surface area contributed by atoms with Crippen LogP contribution in [0, 0.1) is 12.8 Å². The molecule has 5 atom stereocenters. The number of nitrogens with one attached hydrogen (secondary N) is 2. The van der Waals surface area contributed by atoms with Crippen LogP contribution in [0.2, 0.25) is 0 Å². The zero-order valence-electron chi connectivity index (χ0n) is 27.4. The minimum Gasteiger partial charge on any atom is -0.479 e. The molecular formula is C36H37F2N5O7. The van der Waals surface area contributed by atoms with Crippen LogP contribution in [0.3, 0.4) is 0 Å². The number of pyridine rings is 1.